The minimum atomic E-state index is -1.94. The van der Waals surface area contributed by atoms with Crippen LogP contribution in [0.1, 0.15) is 43.1 Å². The van der Waals surface area contributed by atoms with Gasteiger partial charge in [0.1, 0.15) is 18.1 Å². The van der Waals surface area contributed by atoms with E-state index in [0.29, 0.717) is 5.57 Å². The van der Waals surface area contributed by atoms with Gasteiger partial charge in [0, 0.05) is 20.0 Å². The van der Waals surface area contributed by atoms with Gasteiger partial charge in [0.25, 0.3) is 11.8 Å². The zero-order chi connectivity index (χ0) is 26.2. The summed E-state index contributed by atoms with van der Waals surface area (Å²) in [5, 5.41) is 18.5. The van der Waals surface area contributed by atoms with Gasteiger partial charge in [-0.2, -0.15) is 0 Å². The highest BCUT2D eigenvalue weighted by Gasteiger charge is 2.76. The van der Waals surface area contributed by atoms with Crippen molar-refractivity contribution in [1.82, 2.24) is 9.80 Å². The molecule has 4 amide bonds. The first-order valence-electron chi connectivity index (χ1n) is 11.6. The number of carbonyl (C=O) groups excluding carboxylic acids is 4. The normalized spacial score (nSPS) is 35.6. The third-order valence-electron chi connectivity index (χ3n) is 8.00. The number of rotatable bonds is 6. The lowest BCUT2D eigenvalue weighted by Gasteiger charge is -2.49. The fraction of sp³-hybridized carbons (Fsp3) is 0.542. The number of amides is 4. The molecule has 2 aliphatic heterocycles. The van der Waals surface area contributed by atoms with Crippen LogP contribution in [0.25, 0.3) is 0 Å². The third kappa shape index (κ3) is 3.17. The first kappa shape index (κ1) is 25.0. The number of imide groups is 2. The minimum Gasteiger partial charge on any atom is -0.481 e. The lowest BCUT2D eigenvalue weighted by atomic mass is 9.57. The Balaban J connectivity index is 1.59. The molecule has 1 aromatic rings. The van der Waals surface area contributed by atoms with Gasteiger partial charge in [-0.15, -0.1) is 23.2 Å². The topological polar surface area (TPSA) is 145 Å². The van der Waals surface area contributed by atoms with E-state index in [1.165, 1.54) is 13.1 Å². The number of aliphatic carboxylic acids is 1. The van der Waals surface area contributed by atoms with Crippen molar-refractivity contribution in [3.8, 4) is 0 Å². The zero-order valence-corrected chi connectivity index (χ0v) is 20.8. The fourth-order valence-electron chi connectivity index (χ4n) is 6.36. The number of furan rings is 1. The first-order valence-corrected chi connectivity index (χ1v) is 12.4. The quantitative estimate of drug-likeness (QED) is 0.315. The molecule has 3 heterocycles. The van der Waals surface area contributed by atoms with Gasteiger partial charge in [-0.1, -0.05) is 11.6 Å². The molecule has 192 valence electrons. The molecule has 3 fully saturated rings. The summed E-state index contributed by atoms with van der Waals surface area (Å²) < 4.78 is 5.78. The van der Waals surface area contributed by atoms with Crippen molar-refractivity contribution in [3.05, 3.63) is 35.3 Å². The number of aliphatic hydroxyl groups excluding tert-OH is 1. The van der Waals surface area contributed by atoms with Crippen molar-refractivity contribution in [2.45, 2.75) is 48.0 Å². The third-order valence-corrected chi connectivity index (χ3v) is 9.41. The first-order chi connectivity index (χ1) is 17.0. The maximum Gasteiger partial charge on any atom is 0.303 e. The smallest absolute Gasteiger partial charge is 0.303 e. The second-order valence-corrected chi connectivity index (χ2v) is 11.0. The van der Waals surface area contributed by atoms with Crippen molar-refractivity contribution >= 4 is 52.8 Å². The van der Waals surface area contributed by atoms with E-state index in [0.717, 1.165) is 9.80 Å². The molecule has 5 rings (SSSR count). The van der Waals surface area contributed by atoms with Crippen molar-refractivity contribution < 1.29 is 38.6 Å². The predicted octanol–water partition coefficient (Wildman–Crippen LogP) is 1.63. The number of nitrogens with zero attached hydrogens (tertiary/aromatic N) is 2. The maximum atomic E-state index is 13.5. The number of alkyl halides is 2. The number of hydrogen-bond acceptors (Lipinski definition) is 7. The second kappa shape index (κ2) is 8.43. The Morgan fingerprint density at radius 3 is 2.50 bits per heavy atom. The Hall–Kier alpha value is -2.69. The van der Waals surface area contributed by atoms with E-state index < -0.39 is 63.7 Å². The number of halogens is 2. The van der Waals surface area contributed by atoms with Crippen LogP contribution in [0.4, 0.5) is 0 Å². The predicted molar refractivity (Wildman–Crippen MR) is 124 cm³/mol. The van der Waals surface area contributed by atoms with Gasteiger partial charge >= 0.3 is 5.97 Å². The highest BCUT2D eigenvalue weighted by atomic mass is 35.5. The fourth-order valence-corrected chi connectivity index (χ4v) is 7.37. The molecule has 6 atom stereocenters. The van der Waals surface area contributed by atoms with Crippen LogP contribution in [0.15, 0.2) is 28.2 Å². The molecular formula is C24H24Cl2N2O8. The molecule has 1 saturated carbocycles. The number of aliphatic hydroxyl groups is 1. The molecule has 0 radical (unpaired) electrons. The molecule has 2 N–H and O–H groups in total. The number of allylic oxidation sites excluding steroid dienone is 2. The van der Waals surface area contributed by atoms with Crippen molar-refractivity contribution in [2.75, 3.05) is 13.6 Å². The molecule has 0 aromatic carbocycles. The number of carbonyl (C=O) groups is 5. The molecule has 2 aliphatic carbocycles. The summed E-state index contributed by atoms with van der Waals surface area (Å²) >= 11 is 14.0. The molecule has 6 unspecified atom stereocenters. The average molecular weight is 539 g/mol. The van der Waals surface area contributed by atoms with Crippen LogP contribution in [-0.2, 0) is 30.6 Å². The van der Waals surface area contributed by atoms with Gasteiger partial charge in [0.05, 0.1) is 17.8 Å². The van der Waals surface area contributed by atoms with E-state index in [-0.39, 0.29) is 49.7 Å². The van der Waals surface area contributed by atoms with Crippen LogP contribution < -0.4 is 0 Å². The van der Waals surface area contributed by atoms with Crippen LogP contribution in [0, 0.1) is 17.8 Å². The number of hydrogen-bond donors (Lipinski definition) is 2. The Labute approximate surface area is 215 Å². The summed E-state index contributed by atoms with van der Waals surface area (Å²) in [4.78, 5) is 62.3. The van der Waals surface area contributed by atoms with Gasteiger partial charge in [-0.25, -0.2) is 0 Å². The molecule has 2 saturated heterocycles. The Morgan fingerprint density at radius 1 is 1.14 bits per heavy atom. The minimum absolute atomic E-state index is 0.0217. The van der Waals surface area contributed by atoms with E-state index in [1.54, 1.807) is 12.1 Å². The number of carboxylic acid groups (broad SMARTS) is 1. The number of likely N-dealkylation sites (tertiary alicyclic amines) is 2. The molecule has 36 heavy (non-hydrogen) atoms. The summed E-state index contributed by atoms with van der Waals surface area (Å²) in [6.07, 6.45) is 1.79. The van der Waals surface area contributed by atoms with Gasteiger partial charge < -0.3 is 14.6 Å². The standard InChI is InChI=1S/C24H24Cl2N2O8/c1-27-21(34)23(25)9-14-12(18(24(23,26)22(27)35)15-7-4-11(10-29)36-15)5-6-13-17(14)20(33)28(19(13)32)8-2-3-16(30)31/h4-5,7,13-14,17-18,29H,2-3,6,8-10H2,1H3,(H,30,31). The molecular weight excluding hydrogens is 515 g/mol. The van der Waals surface area contributed by atoms with Crippen molar-refractivity contribution in [2.24, 2.45) is 17.8 Å². The zero-order valence-electron chi connectivity index (χ0n) is 19.3. The number of carboxylic acids is 1. The lowest BCUT2D eigenvalue weighted by molar-refractivity contribution is -0.142. The van der Waals surface area contributed by atoms with Crippen LogP contribution >= 0.6 is 23.2 Å². The van der Waals surface area contributed by atoms with Crippen molar-refractivity contribution in [1.29, 1.82) is 0 Å². The molecule has 10 nitrogen and oxygen atoms in total. The Kier molecular flexibility index (Phi) is 5.85. The van der Waals surface area contributed by atoms with Gasteiger partial charge in [0.2, 0.25) is 11.8 Å². The van der Waals surface area contributed by atoms with E-state index in [1.807, 2.05) is 0 Å². The molecule has 12 heteroatoms. The van der Waals surface area contributed by atoms with E-state index in [4.69, 9.17) is 32.7 Å². The van der Waals surface area contributed by atoms with Crippen molar-refractivity contribution in [3.63, 3.8) is 0 Å². The second-order valence-electron chi connectivity index (χ2n) is 9.79. The SMILES string of the molecule is CN1C(=O)C2(Cl)CC3C(=CCC4C(=O)N(CCCC(=O)O)C(=O)C43)C(c3ccc(CO)o3)C2(Cl)C1=O. The van der Waals surface area contributed by atoms with Crippen LogP contribution in [0.2, 0.25) is 0 Å². The van der Waals surface area contributed by atoms with E-state index >= 15 is 0 Å². The molecule has 4 aliphatic rings. The highest BCUT2D eigenvalue weighted by molar-refractivity contribution is 6.53. The van der Waals surface area contributed by atoms with Crippen LogP contribution in [0.3, 0.4) is 0 Å². The Bertz CT molecular complexity index is 1230. The summed E-state index contributed by atoms with van der Waals surface area (Å²) in [5.41, 5.74) is 0.589. The summed E-state index contributed by atoms with van der Waals surface area (Å²) in [6, 6.07) is 3.09. The molecule has 0 spiro atoms. The lowest BCUT2D eigenvalue weighted by Crippen LogP contribution is -2.60. The average Bonchev–Trinajstić information content (AvgIpc) is 3.44. The summed E-state index contributed by atoms with van der Waals surface area (Å²) in [5.74, 6) is -6.01. The number of fused-ring (bicyclic) bond motifs is 4. The van der Waals surface area contributed by atoms with Gasteiger partial charge in [-0.3, -0.25) is 33.8 Å². The van der Waals surface area contributed by atoms with E-state index in [9.17, 15) is 29.1 Å². The Morgan fingerprint density at radius 2 is 1.86 bits per heavy atom. The molecule has 0 bridgehead atoms. The molecule has 1 aromatic heterocycles. The van der Waals surface area contributed by atoms with Crippen LogP contribution in [-0.4, -0.2) is 73.0 Å². The van der Waals surface area contributed by atoms with Gasteiger partial charge in [-0.05, 0) is 37.3 Å². The largest absolute Gasteiger partial charge is 0.481 e. The maximum absolute atomic E-state index is 13.5. The highest BCUT2D eigenvalue weighted by Crippen LogP contribution is 2.65. The monoisotopic (exact) mass is 538 g/mol. The summed E-state index contributed by atoms with van der Waals surface area (Å²) in [6.45, 7) is -0.418. The van der Waals surface area contributed by atoms with E-state index in [2.05, 4.69) is 0 Å². The van der Waals surface area contributed by atoms with Crippen LogP contribution in [0.5, 0.6) is 0 Å². The summed E-state index contributed by atoms with van der Waals surface area (Å²) in [7, 11) is 1.30. The van der Waals surface area contributed by atoms with Gasteiger partial charge in [0.15, 0.2) is 9.75 Å².